The summed E-state index contributed by atoms with van der Waals surface area (Å²) in [6, 6.07) is 13.8. The van der Waals surface area contributed by atoms with Gasteiger partial charge < -0.3 is 9.15 Å². The summed E-state index contributed by atoms with van der Waals surface area (Å²) in [5.74, 6) is 2.16. The molecule has 1 aromatic carbocycles. The minimum absolute atomic E-state index is 0.0781. The Balaban J connectivity index is 1.53. The molecule has 0 amide bonds. The monoisotopic (exact) mass is 426 g/mol. The lowest BCUT2D eigenvalue weighted by Crippen LogP contribution is -2.33. The number of hydrogen-bond donors (Lipinski definition) is 0. The van der Waals surface area contributed by atoms with Crippen molar-refractivity contribution in [2.45, 2.75) is 39.0 Å². The number of aromatic nitrogens is 4. The molecule has 1 aliphatic heterocycles. The lowest BCUT2D eigenvalue weighted by atomic mass is 9.71. The highest BCUT2D eigenvalue weighted by Gasteiger charge is 2.44. The van der Waals surface area contributed by atoms with Crippen LogP contribution in [-0.4, -0.2) is 25.4 Å². The molecule has 1 unspecified atom stereocenters. The van der Waals surface area contributed by atoms with Crippen LogP contribution < -0.4 is 4.74 Å². The summed E-state index contributed by atoms with van der Waals surface area (Å²) >= 11 is 0. The Kier molecular flexibility index (Phi) is 4.08. The maximum absolute atomic E-state index is 13.3. The molecule has 0 N–H and O–H groups in total. The van der Waals surface area contributed by atoms with Crippen LogP contribution in [0.3, 0.4) is 0 Å². The van der Waals surface area contributed by atoms with Gasteiger partial charge in [-0.3, -0.25) is 4.79 Å². The fraction of sp³-hybridized carbons (Fsp3) is 0.280. The average molecular weight is 426 g/mol. The van der Waals surface area contributed by atoms with Gasteiger partial charge in [0, 0.05) is 24.8 Å². The number of benzene rings is 1. The summed E-state index contributed by atoms with van der Waals surface area (Å²) in [7, 11) is 0. The normalized spacial score (nSPS) is 19.6. The molecule has 2 aliphatic rings. The zero-order valence-corrected chi connectivity index (χ0v) is 17.9. The topological polar surface area (TPSA) is 82.5 Å². The number of ketones is 1. The molecule has 32 heavy (non-hydrogen) atoms. The minimum Gasteiger partial charge on any atom is -0.468 e. The van der Waals surface area contributed by atoms with E-state index in [4.69, 9.17) is 14.1 Å². The molecule has 0 saturated carbocycles. The lowest BCUT2D eigenvalue weighted by molar-refractivity contribution is -0.118. The predicted octanol–water partition coefficient (Wildman–Crippen LogP) is 4.48. The third kappa shape index (κ3) is 3.04. The Morgan fingerprint density at radius 1 is 1.12 bits per heavy atom. The van der Waals surface area contributed by atoms with E-state index >= 15 is 0 Å². The molecule has 4 aromatic rings. The Hall–Kier alpha value is -3.74. The number of ether oxygens (including phenoxy) is 1. The predicted molar refractivity (Wildman–Crippen MR) is 116 cm³/mol. The van der Waals surface area contributed by atoms with Crippen LogP contribution in [0.5, 0.6) is 5.88 Å². The van der Waals surface area contributed by atoms with Gasteiger partial charge >= 0.3 is 0 Å². The molecule has 6 rings (SSSR count). The number of furan rings is 1. The highest BCUT2D eigenvalue weighted by molar-refractivity contribution is 6.00. The number of fused-ring (bicyclic) bond motifs is 3. The van der Waals surface area contributed by atoms with Crippen molar-refractivity contribution in [3.05, 3.63) is 89.1 Å². The Labute approximate surface area is 184 Å². The van der Waals surface area contributed by atoms with Crippen LogP contribution in [0, 0.1) is 5.41 Å². The van der Waals surface area contributed by atoms with Crippen molar-refractivity contribution in [3.8, 4) is 5.88 Å². The van der Waals surface area contributed by atoms with Gasteiger partial charge in [0.1, 0.15) is 17.8 Å². The van der Waals surface area contributed by atoms with E-state index < -0.39 is 5.92 Å². The largest absolute Gasteiger partial charge is 0.468 e. The number of carbonyl (C=O) groups is 1. The summed E-state index contributed by atoms with van der Waals surface area (Å²) in [6.07, 6.45) is 4.98. The maximum atomic E-state index is 13.3. The highest BCUT2D eigenvalue weighted by atomic mass is 16.5. The molecule has 3 aromatic heterocycles. The summed E-state index contributed by atoms with van der Waals surface area (Å²) in [5, 5.41) is 4.63. The van der Waals surface area contributed by atoms with E-state index in [0.717, 1.165) is 11.1 Å². The number of allylic oxidation sites excluding steroid dienone is 2. The zero-order valence-electron chi connectivity index (χ0n) is 17.9. The number of carbonyl (C=O) groups excluding carboxylic acids is 1. The zero-order chi connectivity index (χ0) is 21.9. The van der Waals surface area contributed by atoms with E-state index in [-0.39, 0.29) is 11.2 Å². The summed E-state index contributed by atoms with van der Waals surface area (Å²) < 4.78 is 13.7. The molecule has 160 valence electrons. The van der Waals surface area contributed by atoms with Gasteiger partial charge in [0.05, 0.1) is 17.7 Å². The average Bonchev–Trinajstić information content (AvgIpc) is 3.41. The number of rotatable bonds is 3. The molecule has 0 bridgehead atoms. The molecule has 7 nitrogen and oxygen atoms in total. The molecular weight excluding hydrogens is 404 g/mol. The molecule has 0 spiro atoms. The summed E-state index contributed by atoms with van der Waals surface area (Å²) in [6.45, 7) is 4.17. The van der Waals surface area contributed by atoms with Crippen molar-refractivity contribution >= 4 is 11.4 Å². The smallest absolute Gasteiger partial charge is 0.228 e. The SMILES string of the molecule is CC1(C)CC(=O)C2=C(C1)Oc1ncn3nc(Cc4ccccc4)nc3c1C2c1ccco1. The second-order valence-electron chi connectivity index (χ2n) is 9.25. The summed E-state index contributed by atoms with van der Waals surface area (Å²) in [4.78, 5) is 22.7. The number of hydrogen-bond acceptors (Lipinski definition) is 6. The third-order valence-corrected chi connectivity index (χ3v) is 6.14. The van der Waals surface area contributed by atoms with E-state index in [0.29, 0.717) is 53.7 Å². The van der Waals surface area contributed by atoms with Gasteiger partial charge in [-0.05, 0) is 23.1 Å². The second-order valence-corrected chi connectivity index (χ2v) is 9.25. The number of Topliss-reactive ketones (excluding diaryl/α,β-unsaturated/α-hetero) is 1. The first kappa shape index (κ1) is 19.0. The van der Waals surface area contributed by atoms with E-state index in [1.54, 1.807) is 17.1 Å². The highest BCUT2D eigenvalue weighted by Crippen LogP contribution is 2.50. The number of nitrogens with zero attached hydrogens (tertiary/aromatic N) is 4. The standard InChI is InChI=1S/C25H22N4O3/c1-25(2)12-16(30)20-18(13-25)32-24-22(21(20)17-9-6-10-31-17)23-27-19(28-29(23)14-26-24)11-15-7-4-3-5-8-15/h3-10,14,21H,11-13H2,1-2H3. The van der Waals surface area contributed by atoms with Crippen molar-refractivity contribution in [3.63, 3.8) is 0 Å². The van der Waals surface area contributed by atoms with E-state index in [1.807, 2.05) is 42.5 Å². The van der Waals surface area contributed by atoms with Gasteiger partial charge in [-0.2, -0.15) is 0 Å². The van der Waals surface area contributed by atoms with E-state index in [9.17, 15) is 4.79 Å². The summed E-state index contributed by atoms with van der Waals surface area (Å²) in [5.41, 5.74) is 2.96. The van der Waals surface area contributed by atoms with Gasteiger partial charge in [-0.1, -0.05) is 44.2 Å². The van der Waals surface area contributed by atoms with E-state index in [2.05, 4.69) is 23.9 Å². The molecular formula is C25H22N4O3. The van der Waals surface area contributed by atoms with Crippen LogP contribution in [0.4, 0.5) is 0 Å². The molecule has 4 heterocycles. The van der Waals surface area contributed by atoms with Crippen molar-refractivity contribution in [1.29, 1.82) is 0 Å². The first-order chi connectivity index (χ1) is 15.5. The molecule has 0 radical (unpaired) electrons. The lowest BCUT2D eigenvalue weighted by Gasteiger charge is -2.36. The van der Waals surface area contributed by atoms with Crippen LogP contribution in [0.15, 0.2) is 70.8 Å². The molecule has 1 aliphatic carbocycles. The van der Waals surface area contributed by atoms with Gasteiger partial charge in [-0.25, -0.2) is 14.5 Å². The molecule has 0 fully saturated rings. The first-order valence-electron chi connectivity index (χ1n) is 10.7. The maximum Gasteiger partial charge on any atom is 0.228 e. The van der Waals surface area contributed by atoms with Crippen LogP contribution in [0.25, 0.3) is 5.65 Å². The fourth-order valence-corrected chi connectivity index (χ4v) is 4.78. The van der Waals surface area contributed by atoms with Gasteiger partial charge in [0.2, 0.25) is 5.88 Å². The molecule has 7 heteroatoms. The fourth-order valence-electron chi connectivity index (χ4n) is 4.78. The first-order valence-corrected chi connectivity index (χ1v) is 10.7. The van der Waals surface area contributed by atoms with Crippen LogP contribution >= 0.6 is 0 Å². The van der Waals surface area contributed by atoms with Crippen LogP contribution in [0.2, 0.25) is 0 Å². The van der Waals surface area contributed by atoms with Crippen molar-refractivity contribution in [2.75, 3.05) is 0 Å². The quantitative estimate of drug-likeness (QED) is 0.481. The van der Waals surface area contributed by atoms with Gasteiger partial charge in [0.15, 0.2) is 17.3 Å². The van der Waals surface area contributed by atoms with Crippen LogP contribution in [0.1, 0.15) is 55.3 Å². The minimum atomic E-state index is -0.419. The molecule has 1 atom stereocenters. The van der Waals surface area contributed by atoms with Crippen molar-refractivity contribution in [1.82, 2.24) is 19.6 Å². The van der Waals surface area contributed by atoms with Gasteiger partial charge in [0.25, 0.3) is 0 Å². The Bertz CT molecular complexity index is 1370. The van der Waals surface area contributed by atoms with Crippen LogP contribution in [-0.2, 0) is 11.2 Å². The Morgan fingerprint density at radius 2 is 1.97 bits per heavy atom. The van der Waals surface area contributed by atoms with Gasteiger partial charge in [-0.15, -0.1) is 5.10 Å². The Morgan fingerprint density at radius 3 is 2.75 bits per heavy atom. The van der Waals surface area contributed by atoms with Crippen molar-refractivity contribution < 1.29 is 13.9 Å². The second kappa shape index (κ2) is 6.88. The molecule has 0 saturated heterocycles. The third-order valence-electron chi connectivity index (χ3n) is 6.14. The van der Waals surface area contributed by atoms with Crippen molar-refractivity contribution in [2.24, 2.45) is 5.41 Å². The van der Waals surface area contributed by atoms with E-state index in [1.165, 1.54) is 0 Å².